The molecule has 0 aliphatic carbocycles. The van der Waals surface area contributed by atoms with E-state index in [-0.39, 0.29) is 11.5 Å². The topological polar surface area (TPSA) is 143 Å². The lowest BCUT2D eigenvalue weighted by molar-refractivity contribution is 0.100. The molecule has 0 spiro atoms. The van der Waals surface area contributed by atoms with Crippen LogP contribution in [-0.2, 0) is 5.54 Å². The highest BCUT2D eigenvalue weighted by atomic mass is 16.1. The normalized spacial score (nSPS) is 11.7. The molecule has 0 aliphatic rings. The van der Waals surface area contributed by atoms with Gasteiger partial charge in [0.15, 0.2) is 0 Å². The second-order valence-electron chi connectivity index (χ2n) is 8.91. The molecule has 5 aromatic rings. The number of amides is 1. The number of rotatable bonds is 4. The third kappa shape index (κ3) is 3.64. The van der Waals surface area contributed by atoms with Crippen LogP contribution < -0.4 is 11.5 Å². The van der Waals surface area contributed by atoms with E-state index in [0.29, 0.717) is 17.0 Å². The van der Waals surface area contributed by atoms with Crippen LogP contribution in [0.2, 0.25) is 0 Å². The second kappa shape index (κ2) is 7.77. The van der Waals surface area contributed by atoms with E-state index >= 15 is 0 Å². The highest BCUT2D eigenvalue weighted by Gasteiger charge is 2.25. The average Bonchev–Trinajstić information content (AvgIpc) is 3.46. The maximum Gasteiger partial charge on any atom is 0.248 e. The van der Waals surface area contributed by atoms with Crippen molar-refractivity contribution in [1.29, 1.82) is 0 Å². The molecule has 0 aliphatic heterocycles. The lowest BCUT2D eigenvalue weighted by Crippen LogP contribution is -2.23. The van der Waals surface area contributed by atoms with Crippen molar-refractivity contribution in [3.05, 3.63) is 67.0 Å². The first-order valence-corrected chi connectivity index (χ1v) is 10.6. The number of imidazole rings is 1. The minimum Gasteiger partial charge on any atom is -0.368 e. The Morgan fingerprint density at radius 2 is 1.76 bits per heavy atom. The Morgan fingerprint density at radius 3 is 2.41 bits per heavy atom. The maximum atomic E-state index is 12.0. The Hall–Kier alpha value is -4.60. The van der Waals surface area contributed by atoms with E-state index in [1.54, 1.807) is 41.6 Å². The van der Waals surface area contributed by atoms with Crippen LogP contribution in [0.5, 0.6) is 0 Å². The molecule has 0 bridgehead atoms. The summed E-state index contributed by atoms with van der Waals surface area (Å²) in [5, 5.41) is 4.28. The molecule has 0 radical (unpaired) electrons. The van der Waals surface area contributed by atoms with Crippen molar-refractivity contribution >= 4 is 22.9 Å². The van der Waals surface area contributed by atoms with Gasteiger partial charge in [0.1, 0.15) is 18.5 Å². The molecule has 5 rings (SSSR count). The molecule has 0 saturated heterocycles. The molecule has 10 nitrogen and oxygen atoms in total. The Morgan fingerprint density at radius 1 is 1.00 bits per heavy atom. The van der Waals surface area contributed by atoms with E-state index in [2.05, 4.69) is 45.4 Å². The van der Waals surface area contributed by atoms with E-state index in [1.807, 2.05) is 18.2 Å². The fourth-order valence-corrected chi connectivity index (χ4v) is 4.01. The van der Waals surface area contributed by atoms with Crippen LogP contribution in [-0.4, -0.2) is 40.2 Å². The standard InChI is InChI=1S/C24H23N9O/c1-24(2,3)33-20-7-4-14(16-10-28-23(26)29-11-16)9-18(20)31-22(33)17-8-15(21(25)34)5-6-19(17)32-13-27-12-30-32/h4-13H,1-3H3,(H2,25,34)(H2,26,28,29). The number of carbonyl (C=O) groups excluding carboxylic acids is 1. The van der Waals surface area contributed by atoms with Crippen LogP contribution in [0.1, 0.15) is 31.1 Å². The number of aromatic nitrogens is 7. The number of primary amides is 1. The van der Waals surface area contributed by atoms with E-state index in [4.69, 9.17) is 16.5 Å². The van der Waals surface area contributed by atoms with Gasteiger partial charge in [-0.1, -0.05) is 6.07 Å². The second-order valence-corrected chi connectivity index (χ2v) is 8.91. The summed E-state index contributed by atoms with van der Waals surface area (Å²) in [6.45, 7) is 6.31. The fraction of sp³-hybridized carbons (Fsp3) is 0.167. The summed E-state index contributed by atoms with van der Waals surface area (Å²) in [7, 11) is 0. The van der Waals surface area contributed by atoms with E-state index in [0.717, 1.165) is 27.8 Å². The van der Waals surface area contributed by atoms with Crippen molar-refractivity contribution in [2.45, 2.75) is 26.3 Å². The fourth-order valence-electron chi connectivity index (χ4n) is 4.01. The molecular weight excluding hydrogens is 430 g/mol. The van der Waals surface area contributed by atoms with Crippen molar-refractivity contribution in [1.82, 2.24) is 34.3 Å². The summed E-state index contributed by atoms with van der Waals surface area (Å²) in [6, 6.07) is 11.2. The summed E-state index contributed by atoms with van der Waals surface area (Å²) in [6.07, 6.45) is 6.43. The minimum absolute atomic E-state index is 0.221. The summed E-state index contributed by atoms with van der Waals surface area (Å²) >= 11 is 0. The Labute approximate surface area is 195 Å². The molecule has 2 aromatic carbocycles. The predicted octanol–water partition coefficient (Wildman–Crippen LogP) is 3.18. The maximum absolute atomic E-state index is 12.0. The third-order valence-electron chi connectivity index (χ3n) is 5.52. The minimum atomic E-state index is -0.518. The largest absolute Gasteiger partial charge is 0.368 e. The lowest BCUT2D eigenvalue weighted by atomic mass is 10.0. The number of hydrogen-bond donors (Lipinski definition) is 2. The van der Waals surface area contributed by atoms with Crippen molar-refractivity contribution in [2.75, 3.05) is 5.73 Å². The van der Waals surface area contributed by atoms with Crippen LogP contribution in [0, 0.1) is 0 Å². The smallest absolute Gasteiger partial charge is 0.248 e. The van der Waals surface area contributed by atoms with Gasteiger partial charge in [0.25, 0.3) is 0 Å². The van der Waals surface area contributed by atoms with Crippen molar-refractivity contribution in [3.63, 3.8) is 0 Å². The van der Waals surface area contributed by atoms with Crippen LogP contribution >= 0.6 is 0 Å². The molecular formula is C24H23N9O. The van der Waals surface area contributed by atoms with Crippen molar-refractivity contribution in [3.8, 4) is 28.2 Å². The quantitative estimate of drug-likeness (QED) is 0.425. The predicted molar refractivity (Wildman–Crippen MR) is 129 cm³/mol. The van der Waals surface area contributed by atoms with Gasteiger partial charge in [0.05, 0.1) is 16.7 Å². The van der Waals surface area contributed by atoms with Crippen LogP contribution in [0.15, 0.2) is 61.4 Å². The van der Waals surface area contributed by atoms with Crippen LogP contribution in [0.4, 0.5) is 5.95 Å². The zero-order valence-electron chi connectivity index (χ0n) is 19.0. The summed E-state index contributed by atoms with van der Waals surface area (Å²) in [4.78, 5) is 29.3. The Bertz CT molecular complexity index is 1510. The van der Waals surface area contributed by atoms with Gasteiger partial charge < -0.3 is 16.0 Å². The molecule has 34 heavy (non-hydrogen) atoms. The lowest BCUT2D eigenvalue weighted by Gasteiger charge is -2.25. The summed E-state index contributed by atoms with van der Waals surface area (Å²) in [5.41, 5.74) is 16.2. The van der Waals surface area contributed by atoms with E-state index < -0.39 is 5.91 Å². The molecule has 10 heteroatoms. The van der Waals surface area contributed by atoms with Gasteiger partial charge in [-0.25, -0.2) is 24.6 Å². The number of nitrogens with zero attached hydrogens (tertiary/aromatic N) is 7. The van der Waals surface area contributed by atoms with Gasteiger partial charge in [0, 0.05) is 34.6 Å². The molecule has 0 fully saturated rings. The highest BCUT2D eigenvalue weighted by molar-refractivity contribution is 5.95. The van der Waals surface area contributed by atoms with E-state index in [9.17, 15) is 4.79 Å². The first-order chi connectivity index (χ1) is 16.2. The molecule has 0 atom stereocenters. The van der Waals surface area contributed by atoms with Gasteiger partial charge in [-0.15, -0.1) is 0 Å². The molecule has 3 aromatic heterocycles. The van der Waals surface area contributed by atoms with Gasteiger partial charge >= 0.3 is 0 Å². The molecule has 0 saturated carbocycles. The zero-order valence-corrected chi connectivity index (χ0v) is 19.0. The molecule has 3 heterocycles. The first kappa shape index (κ1) is 21.3. The number of hydrogen-bond acceptors (Lipinski definition) is 7. The summed E-state index contributed by atoms with van der Waals surface area (Å²) < 4.78 is 3.79. The third-order valence-corrected chi connectivity index (χ3v) is 5.52. The number of fused-ring (bicyclic) bond motifs is 1. The molecule has 4 N–H and O–H groups in total. The number of benzene rings is 2. The van der Waals surface area contributed by atoms with Crippen molar-refractivity contribution < 1.29 is 4.79 Å². The number of carbonyl (C=O) groups is 1. The van der Waals surface area contributed by atoms with Crippen molar-refractivity contribution in [2.24, 2.45) is 5.73 Å². The number of anilines is 1. The van der Waals surface area contributed by atoms with Crippen LogP contribution in [0.3, 0.4) is 0 Å². The first-order valence-electron chi connectivity index (χ1n) is 10.6. The monoisotopic (exact) mass is 453 g/mol. The number of nitrogen functional groups attached to an aromatic ring is 1. The van der Waals surface area contributed by atoms with Gasteiger partial charge in [0.2, 0.25) is 11.9 Å². The van der Waals surface area contributed by atoms with Crippen LogP contribution in [0.25, 0.3) is 39.2 Å². The Balaban J connectivity index is 1.79. The van der Waals surface area contributed by atoms with E-state index in [1.165, 1.54) is 6.33 Å². The number of nitrogens with two attached hydrogens (primary N) is 2. The molecule has 0 unspecified atom stereocenters. The van der Waals surface area contributed by atoms with Gasteiger partial charge in [-0.05, 0) is 56.7 Å². The van der Waals surface area contributed by atoms with Gasteiger partial charge in [-0.2, -0.15) is 5.10 Å². The summed E-state index contributed by atoms with van der Waals surface area (Å²) in [5.74, 6) is 0.386. The molecule has 170 valence electrons. The average molecular weight is 454 g/mol. The SMILES string of the molecule is CC(C)(C)n1c(-c2cc(C(N)=O)ccc2-n2cncn2)nc2cc(-c3cnc(N)nc3)ccc21. The molecule has 1 amide bonds. The zero-order chi connectivity index (χ0) is 24.0. The highest BCUT2D eigenvalue weighted by Crippen LogP contribution is 2.36. The van der Waals surface area contributed by atoms with Gasteiger partial charge in [-0.3, -0.25) is 4.79 Å². The Kier molecular flexibility index (Phi) is 4.85.